The number of fused-ring (bicyclic) bond motifs is 1. The highest BCUT2D eigenvalue weighted by Crippen LogP contribution is 2.29. The van der Waals surface area contributed by atoms with Gasteiger partial charge in [-0.15, -0.1) is 0 Å². The summed E-state index contributed by atoms with van der Waals surface area (Å²) in [5.41, 5.74) is 4.16. The molecule has 0 amide bonds. The van der Waals surface area contributed by atoms with Crippen LogP contribution in [0.15, 0.2) is 77.5 Å². The van der Waals surface area contributed by atoms with Crippen LogP contribution in [0.3, 0.4) is 0 Å². The molecule has 0 bridgehead atoms. The van der Waals surface area contributed by atoms with Crippen LogP contribution < -0.4 is 4.74 Å². The summed E-state index contributed by atoms with van der Waals surface area (Å²) in [6, 6.07) is 18.8. The van der Waals surface area contributed by atoms with Gasteiger partial charge in [-0.1, -0.05) is 47.5 Å². The molecule has 1 N–H and O–H groups in total. The smallest absolute Gasteiger partial charge is 0.335 e. The molecule has 10 heteroatoms. The second kappa shape index (κ2) is 12.6. The standard InChI is InChI=1S/C32H30Cl2N4O4/c33-25-5-7-29(26(34)17-25)42-20-23-3-1-2-22(15-23)14-21-8-11-37(12-9-21)18-30-36-27-6-4-24(32(39)40)16-28(27)38(30)19-31-35-10-13-41-31/h1-7,10,13,15-17,21H,8-9,11-12,14,18-20H2,(H,39,40). The molecule has 1 aliphatic rings. The van der Waals surface area contributed by atoms with Crippen LogP contribution in [-0.4, -0.2) is 43.6 Å². The number of ether oxygens (including phenoxy) is 1. The molecule has 0 saturated carbocycles. The number of piperidine rings is 1. The van der Waals surface area contributed by atoms with E-state index in [2.05, 4.69) is 34.1 Å². The van der Waals surface area contributed by atoms with E-state index in [-0.39, 0.29) is 5.56 Å². The van der Waals surface area contributed by atoms with Gasteiger partial charge in [-0.3, -0.25) is 4.90 Å². The van der Waals surface area contributed by atoms with Gasteiger partial charge in [0.25, 0.3) is 0 Å². The molecule has 0 atom stereocenters. The first-order valence-corrected chi connectivity index (χ1v) is 14.7. The van der Waals surface area contributed by atoms with Crippen molar-refractivity contribution in [2.75, 3.05) is 13.1 Å². The topological polar surface area (TPSA) is 93.6 Å². The Kier molecular flexibility index (Phi) is 8.46. The van der Waals surface area contributed by atoms with Gasteiger partial charge in [-0.2, -0.15) is 0 Å². The van der Waals surface area contributed by atoms with E-state index in [0.29, 0.717) is 47.3 Å². The number of aromatic carboxylic acids is 1. The van der Waals surface area contributed by atoms with E-state index in [1.165, 1.54) is 5.56 Å². The van der Waals surface area contributed by atoms with Crippen LogP contribution in [0.5, 0.6) is 5.75 Å². The van der Waals surface area contributed by atoms with Crippen molar-refractivity contribution in [3.63, 3.8) is 0 Å². The van der Waals surface area contributed by atoms with Crippen LogP contribution in [0.4, 0.5) is 0 Å². The number of halogens is 2. The monoisotopic (exact) mass is 604 g/mol. The summed E-state index contributed by atoms with van der Waals surface area (Å²) in [5.74, 6) is 1.67. The second-order valence-corrected chi connectivity index (χ2v) is 11.5. The number of hydrogen-bond acceptors (Lipinski definition) is 6. The van der Waals surface area contributed by atoms with Gasteiger partial charge in [0.1, 0.15) is 31.0 Å². The minimum atomic E-state index is -0.964. The number of oxazole rings is 1. The van der Waals surface area contributed by atoms with Crippen molar-refractivity contribution in [2.45, 2.75) is 39.0 Å². The van der Waals surface area contributed by atoms with Crippen LogP contribution in [0.25, 0.3) is 11.0 Å². The van der Waals surface area contributed by atoms with E-state index >= 15 is 0 Å². The molecule has 0 radical (unpaired) electrons. The molecule has 5 aromatic rings. The van der Waals surface area contributed by atoms with E-state index in [1.807, 2.05) is 4.57 Å². The van der Waals surface area contributed by atoms with Gasteiger partial charge in [-0.05, 0) is 85.8 Å². The van der Waals surface area contributed by atoms with Crippen molar-refractivity contribution in [1.82, 2.24) is 19.4 Å². The first-order chi connectivity index (χ1) is 20.4. The lowest BCUT2D eigenvalue weighted by molar-refractivity contribution is 0.0697. The van der Waals surface area contributed by atoms with Crippen molar-refractivity contribution in [1.29, 1.82) is 0 Å². The Morgan fingerprint density at radius 1 is 1.02 bits per heavy atom. The Morgan fingerprint density at radius 2 is 1.86 bits per heavy atom. The maximum atomic E-state index is 11.6. The minimum Gasteiger partial charge on any atom is -0.487 e. The van der Waals surface area contributed by atoms with Gasteiger partial charge < -0.3 is 18.8 Å². The fraction of sp³-hybridized carbons (Fsp3) is 0.281. The number of carboxylic acids is 1. The van der Waals surface area contributed by atoms with Crippen molar-refractivity contribution in [2.24, 2.45) is 5.92 Å². The van der Waals surface area contributed by atoms with Gasteiger partial charge >= 0.3 is 5.97 Å². The average molecular weight is 606 g/mol. The molecule has 0 aliphatic carbocycles. The molecule has 3 heterocycles. The van der Waals surface area contributed by atoms with E-state index in [9.17, 15) is 9.90 Å². The number of likely N-dealkylation sites (tertiary alicyclic amines) is 1. The number of imidazole rings is 1. The lowest BCUT2D eigenvalue weighted by Crippen LogP contribution is -2.34. The minimum absolute atomic E-state index is 0.229. The van der Waals surface area contributed by atoms with Crippen LogP contribution in [0.2, 0.25) is 10.0 Å². The molecule has 216 valence electrons. The first-order valence-electron chi connectivity index (χ1n) is 13.9. The van der Waals surface area contributed by atoms with E-state index in [4.69, 9.17) is 37.3 Å². The molecule has 42 heavy (non-hydrogen) atoms. The summed E-state index contributed by atoms with van der Waals surface area (Å²) in [7, 11) is 0. The van der Waals surface area contributed by atoms with E-state index in [1.54, 1.807) is 48.9 Å². The lowest BCUT2D eigenvalue weighted by atomic mass is 9.89. The molecule has 0 spiro atoms. The first kappa shape index (κ1) is 28.3. The fourth-order valence-corrected chi connectivity index (χ4v) is 6.01. The van der Waals surface area contributed by atoms with Crippen molar-refractivity contribution >= 4 is 40.2 Å². The van der Waals surface area contributed by atoms with Crippen LogP contribution in [0.1, 0.15) is 46.0 Å². The zero-order valence-electron chi connectivity index (χ0n) is 22.9. The number of carboxylic acid groups (broad SMARTS) is 1. The van der Waals surface area contributed by atoms with Crippen molar-refractivity contribution in [3.8, 4) is 5.75 Å². The highest BCUT2D eigenvalue weighted by atomic mass is 35.5. The second-order valence-electron chi connectivity index (χ2n) is 10.7. The number of rotatable bonds is 10. The highest BCUT2D eigenvalue weighted by molar-refractivity contribution is 6.35. The summed E-state index contributed by atoms with van der Waals surface area (Å²) in [4.78, 5) is 23.2. The van der Waals surface area contributed by atoms with E-state index < -0.39 is 5.97 Å². The number of hydrogen-bond donors (Lipinski definition) is 1. The third-order valence-electron chi connectivity index (χ3n) is 7.73. The van der Waals surface area contributed by atoms with Gasteiger partial charge in [-0.25, -0.2) is 14.8 Å². The third kappa shape index (κ3) is 6.62. The summed E-state index contributed by atoms with van der Waals surface area (Å²) in [6.45, 7) is 3.43. The van der Waals surface area contributed by atoms with Crippen molar-refractivity contribution < 1.29 is 19.1 Å². The number of nitrogens with zero attached hydrogens (tertiary/aromatic N) is 4. The highest BCUT2D eigenvalue weighted by Gasteiger charge is 2.23. The summed E-state index contributed by atoms with van der Waals surface area (Å²) < 4.78 is 13.4. The zero-order chi connectivity index (χ0) is 29.1. The number of aromatic nitrogens is 3. The molecule has 6 rings (SSSR count). The van der Waals surface area contributed by atoms with Gasteiger partial charge in [0.05, 0.1) is 34.4 Å². The Bertz CT molecular complexity index is 1690. The van der Waals surface area contributed by atoms with Gasteiger partial charge in [0.2, 0.25) is 5.89 Å². The third-order valence-corrected chi connectivity index (χ3v) is 8.26. The zero-order valence-corrected chi connectivity index (χ0v) is 24.4. The van der Waals surface area contributed by atoms with Gasteiger partial charge in [0.15, 0.2) is 0 Å². The maximum absolute atomic E-state index is 11.6. The lowest BCUT2D eigenvalue weighted by Gasteiger charge is -2.32. The normalized spacial score (nSPS) is 14.4. The number of carbonyl (C=O) groups is 1. The van der Waals surface area contributed by atoms with Crippen LogP contribution >= 0.6 is 23.2 Å². The SMILES string of the molecule is O=C(O)c1ccc2nc(CN3CCC(Cc4cccc(COc5ccc(Cl)cc5Cl)c4)CC3)n(Cc3ncco3)c2c1. The Balaban J connectivity index is 1.08. The molecule has 3 aromatic carbocycles. The maximum Gasteiger partial charge on any atom is 0.335 e. The molecular weight excluding hydrogens is 575 g/mol. The quantitative estimate of drug-likeness (QED) is 0.181. The summed E-state index contributed by atoms with van der Waals surface area (Å²) >= 11 is 12.2. The molecular formula is C32H30Cl2N4O4. The van der Waals surface area contributed by atoms with Crippen molar-refractivity contribution in [3.05, 3.63) is 112 Å². The van der Waals surface area contributed by atoms with Crippen LogP contribution in [-0.2, 0) is 26.1 Å². The average Bonchev–Trinajstić information content (AvgIpc) is 3.62. The van der Waals surface area contributed by atoms with Crippen LogP contribution in [0, 0.1) is 5.92 Å². The Morgan fingerprint density at radius 3 is 2.62 bits per heavy atom. The predicted octanol–water partition coefficient (Wildman–Crippen LogP) is 7.11. The molecule has 2 aromatic heterocycles. The Hall–Kier alpha value is -3.85. The summed E-state index contributed by atoms with van der Waals surface area (Å²) in [6.07, 6.45) is 6.34. The molecule has 0 unspecified atom stereocenters. The van der Waals surface area contributed by atoms with E-state index in [0.717, 1.165) is 54.8 Å². The van der Waals surface area contributed by atoms with Gasteiger partial charge in [0, 0.05) is 5.02 Å². The molecule has 1 saturated heterocycles. The fourth-order valence-electron chi connectivity index (χ4n) is 5.55. The number of benzene rings is 3. The largest absolute Gasteiger partial charge is 0.487 e. The molecule has 1 aliphatic heterocycles. The molecule has 1 fully saturated rings. The summed E-state index contributed by atoms with van der Waals surface area (Å²) in [5, 5.41) is 10.6. The molecule has 8 nitrogen and oxygen atoms in total. The predicted molar refractivity (Wildman–Crippen MR) is 161 cm³/mol. The Labute approximate surface area is 253 Å².